The van der Waals surface area contributed by atoms with Crippen LogP contribution in [0.1, 0.15) is 21.7 Å². The summed E-state index contributed by atoms with van der Waals surface area (Å²) in [5, 5.41) is 0. The molecule has 6 heteroatoms. The molecule has 1 aromatic heterocycles. The van der Waals surface area contributed by atoms with Crippen LogP contribution in [0.15, 0.2) is 30.3 Å². The highest BCUT2D eigenvalue weighted by molar-refractivity contribution is 5.97. The molecular formula is C16H18FN3O2. The maximum Gasteiger partial charge on any atom is 0.255 e. The minimum absolute atomic E-state index is 0.140. The Morgan fingerprint density at radius 2 is 1.82 bits per heavy atom. The fraction of sp³-hybridized carbons (Fsp3) is 0.250. The van der Waals surface area contributed by atoms with Gasteiger partial charge in [-0.05, 0) is 44.2 Å². The molecule has 2 N–H and O–H groups in total. The number of halogens is 1. The average molecular weight is 303 g/mol. The molecule has 2 amide bonds. The van der Waals surface area contributed by atoms with E-state index < -0.39 is 5.91 Å². The number of carbonyl (C=O) groups is 2. The van der Waals surface area contributed by atoms with Crippen molar-refractivity contribution in [2.75, 3.05) is 13.6 Å². The molecule has 0 aliphatic heterocycles. The molecule has 0 spiro atoms. The van der Waals surface area contributed by atoms with Crippen molar-refractivity contribution in [3.8, 4) is 5.69 Å². The van der Waals surface area contributed by atoms with Crippen LogP contribution in [0.4, 0.5) is 4.39 Å². The lowest BCUT2D eigenvalue weighted by atomic mass is 10.2. The first kappa shape index (κ1) is 15.8. The number of primary amides is 1. The quantitative estimate of drug-likeness (QED) is 0.935. The number of amides is 2. The lowest BCUT2D eigenvalue weighted by Gasteiger charge is -2.15. The molecule has 0 atom stereocenters. The van der Waals surface area contributed by atoms with Crippen molar-refractivity contribution >= 4 is 11.8 Å². The van der Waals surface area contributed by atoms with Crippen LogP contribution in [0.5, 0.6) is 0 Å². The third-order valence-electron chi connectivity index (χ3n) is 3.49. The lowest BCUT2D eigenvalue weighted by molar-refractivity contribution is -0.118. The fourth-order valence-electron chi connectivity index (χ4n) is 2.48. The minimum atomic E-state index is -0.566. The third-order valence-corrected chi connectivity index (χ3v) is 3.49. The second-order valence-electron chi connectivity index (χ2n) is 5.22. The first-order valence-corrected chi connectivity index (χ1v) is 6.80. The molecule has 0 aliphatic carbocycles. The number of carbonyl (C=O) groups excluding carboxylic acids is 2. The predicted octanol–water partition coefficient (Wildman–Crippen LogP) is 1.79. The number of nitrogens with two attached hydrogens (primary N) is 1. The molecule has 22 heavy (non-hydrogen) atoms. The fourth-order valence-corrected chi connectivity index (χ4v) is 2.48. The number of aromatic nitrogens is 1. The molecular weight excluding hydrogens is 285 g/mol. The molecule has 0 bridgehead atoms. The number of rotatable bonds is 4. The number of hydrogen-bond acceptors (Lipinski definition) is 2. The number of nitrogens with zero attached hydrogens (tertiary/aromatic N) is 2. The van der Waals surface area contributed by atoms with E-state index in [4.69, 9.17) is 5.73 Å². The summed E-state index contributed by atoms with van der Waals surface area (Å²) < 4.78 is 14.9. The van der Waals surface area contributed by atoms with E-state index in [9.17, 15) is 14.0 Å². The summed E-state index contributed by atoms with van der Waals surface area (Å²) in [5.74, 6) is -1.16. The Labute approximate surface area is 128 Å². The maximum absolute atomic E-state index is 13.1. The highest BCUT2D eigenvalue weighted by Gasteiger charge is 2.20. The standard InChI is InChI=1S/C16H18FN3O2/c1-10-8-14(16(22)19(3)9-15(18)21)11(2)20(10)13-6-4-12(17)5-7-13/h4-8H,9H2,1-3H3,(H2,18,21). The van der Waals surface area contributed by atoms with Gasteiger partial charge in [0.2, 0.25) is 5.91 Å². The van der Waals surface area contributed by atoms with Gasteiger partial charge in [0.1, 0.15) is 5.82 Å². The number of hydrogen-bond donors (Lipinski definition) is 1. The molecule has 5 nitrogen and oxygen atoms in total. The van der Waals surface area contributed by atoms with Gasteiger partial charge < -0.3 is 15.2 Å². The average Bonchev–Trinajstić information content (AvgIpc) is 2.74. The van der Waals surface area contributed by atoms with Crippen molar-refractivity contribution in [3.63, 3.8) is 0 Å². The summed E-state index contributed by atoms with van der Waals surface area (Å²) in [6.07, 6.45) is 0. The Morgan fingerprint density at radius 3 is 2.36 bits per heavy atom. The molecule has 0 saturated carbocycles. The van der Waals surface area contributed by atoms with Crippen LogP contribution in [0, 0.1) is 19.7 Å². The Bertz CT molecular complexity index is 720. The normalized spacial score (nSPS) is 10.5. The van der Waals surface area contributed by atoms with E-state index >= 15 is 0 Å². The zero-order valence-electron chi connectivity index (χ0n) is 12.8. The van der Waals surface area contributed by atoms with Crippen LogP contribution < -0.4 is 5.73 Å². The summed E-state index contributed by atoms with van der Waals surface area (Å²) in [6, 6.07) is 7.79. The van der Waals surface area contributed by atoms with E-state index in [1.807, 2.05) is 18.4 Å². The zero-order valence-corrected chi connectivity index (χ0v) is 12.8. The van der Waals surface area contributed by atoms with Crippen LogP contribution in [0.2, 0.25) is 0 Å². The van der Waals surface area contributed by atoms with Gasteiger partial charge in [-0.3, -0.25) is 9.59 Å². The topological polar surface area (TPSA) is 68.3 Å². The monoisotopic (exact) mass is 303 g/mol. The first-order chi connectivity index (χ1) is 10.3. The predicted molar refractivity (Wildman–Crippen MR) is 81.4 cm³/mol. The van der Waals surface area contributed by atoms with Crippen molar-refractivity contribution in [2.45, 2.75) is 13.8 Å². The summed E-state index contributed by atoms with van der Waals surface area (Å²) in [4.78, 5) is 24.6. The molecule has 116 valence electrons. The van der Waals surface area contributed by atoms with E-state index in [0.717, 1.165) is 17.1 Å². The highest BCUT2D eigenvalue weighted by Crippen LogP contribution is 2.22. The van der Waals surface area contributed by atoms with Crippen molar-refractivity contribution in [3.05, 3.63) is 53.1 Å². The number of benzene rings is 1. The van der Waals surface area contributed by atoms with E-state index in [0.29, 0.717) is 5.56 Å². The van der Waals surface area contributed by atoms with Gasteiger partial charge in [-0.25, -0.2) is 4.39 Å². The van der Waals surface area contributed by atoms with Crippen LogP contribution in [0.25, 0.3) is 5.69 Å². The minimum Gasteiger partial charge on any atom is -0.368 e. The second kappa shape index (κ2) is 6.01. The molecule has 0 fully saturated rings. The van der Waals surface area contributed by atoms with Crippen LogP contribution in [0.3, 0.4) is 0 Å². The number of likely N-dealkylation sites (N-methyl/N-ethyl adjacent to an activating group) is 1. The molecule has 0 unspecified atom stereocenters. The molecule has 0 aliphatic rings. The van der Waals surface area contributed by atoms with E-state index in [2.05, 4.69) is 0 Å². The van der Waals surface area contributed by atoms with E-state index in [-0.39, 0.29) is 18.3 Å². The van der Waals surface area contributed by atoms with Crippen LogP contribution in [-0.4, -0.2) is 34.9 Å². The Hall–Kier alpha value is -2.63. The molecule has 0 saturated heterocycles. The van der Waals surface area contributed by atoms with E-state index in [1.54, 1.807) is 18.2 Å². The van der Waals surface area contributed by atoms with Gasteiger partial charge in [0.05, 0.1) is 12.1 Å². The van der Waals surface area contributed by atoms with Crippen molar-refractivity contribution in [2.24, 2.45) is 5.73 Å². The van der Waals surface area contributed by atoms with Crippen molar-refractivity contribution < 1.29 is 14.0 Å². The smallest absolute Gasteiger partial charge is 0.255 e. The Kier molecular flexibility index (Phi) is 4.30. The van der Waals surface area contributed by atoms with Crippen LogP contribution in [-0.2, 0) is 4.79 Å². The molecule has 1 aromatic carbocycles. The van der Waals surface area contributed by atoms with Gasteiger partial charge in [-0.15, -0.1) is 0 Å². The van der Waals surface area contributed by atoms with Crippen molar-refractivity contribution in [1.82, 2.24) is 9.47 Å². The summed E-state index contributed by atoms with van der Waals surface area (Å²) in [7, 11) is 1.52. The Morgan fingerprint density at radius 1 is 1.23 bits per heavy atom. The largest absolute Gasteiger partial charge is 0.368 e. The van der Waals surface area contributed by atoms with Gasteiger partial charge in [-0.2, -0.15) is 0 Å². The summed E-state index contributed by atoms with van der Waals surface area (Å²) in [6.45, 7) is 3.53. The Balaban J connectivity index is 2.41. The van der Waals surface area contributed by atoms with Gasteiger partial charge in [0, 0.05) is 24.1 Å². The maximum atomic E-state index is 13.1. The molecule has 1 heterocycles. The number of aryl methyl sites for hydroxylation is 1. The molecule has 2 aromatic rings. The van der Waals surface area contributed by atoms with Gasteiger partial charge in [0.25, 0.3) is 5.91 Å². The molecule has 2 rings (SSSR count). The first-order valence-electron chi connectivity index (χ1n) is 6.80. The third kappa shape index (κ3) is 3.00. The van der Waals surface area contributed by atoms with E-state index in [1.165, 1.54) is 24.1 Å². The second-order valence-corrected chi connectivity index (χ2v) is 5.22. The van der Waals surface area contributed by atoms with Crippen molar-refractivity contribution in [1.29, 1.82) is 0 Å². The highest BCUT2D eigenvalue weighted by atomic mass is 19.1. The summed E-state index contributed by atoms with van der Waals surface area (Å²) >= 11 is 0. The molecule has 0 radical (unpaired) electrons. The van der Waals surface area contributed by atoms with Gasteiger partial charge >= 0.3 is 0 Å². The van der Waals surface area contributed by atoms with Gasteiger partial charge in [-0.1, -0.05) is 0 Å². The van der Waals surface area contributed by atoms with Crippen LogP contribution >= 0.6 is 0 Å². The SMILES string of the molecule is Cc1cc(C(=O)N(C)CC(N)=O)c(C)n1-c1ccc(F)cc1. The van der Waals surface area contributed by atoms with Gasteiger partial charge in [0.15, 0.2) is 0 Å². The zero-order chi connectivity index (χ0) is 16.4. The lowest BCUT2D eigenvalue weighted by Crippen LogP contribution is -2.35. The summed E-state index contributed by atoms with van der Waals surface area (Å²) in [5.41, 5.74) is 7.95.